The fraction of sp³-hybridized carbons (Fsp3) is 0.588. The van der Waals surface area contributed by atoms with Gasteiger partial charge in [-0.25, -0.2) is 0 Å². The van der Waals surface area contributed by atoms with E-state index in [2.05, 4.69) is 5.32 Å². The molecule has 0 bridgehead atoms. The second kappa shape index (κ2) is 7.44. The Labute approximate surface area is 121 Å². The van der Waals surface area contributed by atoms with Gasteiger partial charge in [-0.3, -0.25) is 4.79 Å². The number of rotatable bonds is 5. The minimum Gasteiger partial charge on any atom is -0.348 e. The predicted molar refractivity (Wildman–Crippen MR) is 82.2 cm³/mol. The lowest BCUT2D eigenvalue weighted by Gasteiger charge is -2.25. The summed E-state index contributed by atoms with van der Waals surface area (Å²) in [6.07, 6.45) is 7.21. The van der Waals surface area contributed by atoms with Crippen molar-refractivity contribution in [3.63, 3.8) is 0 Å². The number of carbonyl (C=O) groups is 1. The fourth-order valence-corrected chi connectivity index (χ4v) is 3.03. The summed E-state index contributed by atoms with van der Waals surface area (Å²) in [6, 6.07) is 9.65. The second-order valence-corrected chi connectivity index (χ2v) is 5.99. The molecule has 1 fully saturated rings. The average Bonchev–Trinajstić information content (AvgIpc) is 2.49. The maximum Gasteiger partial charge on any atom is 0.237 e. The number of nitrogens with one attached hydrogen (secondary N) is 1. The third-order valence-electron chi connectivity index (χ3n) is 4.31. The van der Waals surface area contributed by atoms with Crippen molar-refractivity contribution in [2.45, 2.75) is 57.5 Å². The zero-order chi connectivity index (χ0) is 14.4. The van der Waals surface area contributed by atoms with Gasteiger partial charge < -0.3 is 11.1 Å². The summed E-state index contributed by atoms with van der Waals surface area (Å²) in [5, 5.41) is 3.02. The van der Waals surface area contributed by atoms with Crippen molar-refractivity contribution in [1.29, 1.82) is 0 Å². The molecule has 3 N–H and O–H groups in total. The third kappa shape index (κ3) is 4.34. The highest BCUT2D eigenvalue weighted by molar-refractivity contribution is 5.81. The van der Waals surface area contributed by atoms with Gasteiger partial charge in [-0.1, -0.05) is 62.4 Å². The van der Waals surface area contributed by atoms with Crippen molar-refractivity contribution in [2.24, 2.45) is 11.7 Å². The molecule has 1 amide bonds. The highest BCUT2D eigenvalue weighted by atomic mass is 16.2. The van der Waals surface area contributed by atoms with Gasteiger partial charge in [-0.15, -0.1) is 0 Å². The van der Waals surface area contributed by atoms with Gasteiger partial charge in [0.15, 0.2) is 0 Å². The van der Waals surface area contributed by atoms with Gasteiger partial charge in [0, 0.05) is 0 Å². The molecular formula is C17H26N2O. The van der Waals surface area contributed by atoms with E-state index in [0.29, 0.717) is 5.92 Å². The van der Waals surface area contributed by atoms with E-state index in [4.69, 9.17) is 5.73 Å². The van der Waals surface area contributed by atoms with Gasteiger partial charge >= 0.3 is 0 Å². The van der Waals surface area contributed by atoms with Gasteiger partial charge in [0.05, 0.1) is 12.1 Å². The predicted octanol–water partition coefficient (Wildman–Crippen LogP) is 3.16. The molecule has 1 aliphatic rings. The molecule has 1 saturated carbocycles. The molecule has 0 heterocycles. The molecule has 1 aromatic carbocycles. The Morgan fingerprint density at radius 3 is 2.55 bits per heavy atom. The lowest BCUT2D eigenvalue weighted by atomic mass is 9.85. The van der Waals surface area contributed by atoms with Gasteiger partial charge in [-0.2, -0.15) is 0 Å². The lowest BCUT2D eigenvalue weighted by Crippen LogP contribution is -2.42. The minimum atomic E-state index is -0.371. The number of carbonyl (C=O) groups excluding carboxylic acids is 1. The van der Waals surface area contributed by atoms with E-state index in [1.807, 2.05) is 37.3 Å². The van der Waals surface area contributed by atoms with Gasteiger partial charge in [0.25, 0.3) is 0 Å². The van der Waals surface area contributed by atoms with Gasteiger partial charge in [0.2, 0.25) is 5.91 Å². The number of hydrogen-bond acceptors (Lipinski definition) is 2. The van der Waals surface area contributed by atoms with Crippen LogP contribution in [-0.2, 0) is 4.79 Å². The second-order valence-electron chi connectivity index (χ2n) is 5.99. The molecule has 2 unspecified atom stereocenters. The van der Waals surface area contributed by atoms with Crippen LogP contribution in [0.1, 0.15) is 57.1 Å². The third-order valence-corrected chi connectivity index (χ3v) is 4.31. The molecular weight excluding hydrogens is 248 g/mol. The SMILES string of the molecule is CC(NC(=O)C(N)CC1CCCCC1)c1ccccc1. The summed E-state index contributed by atoms with van der Waals surface area (Å²) in [5.41, 5.74) is 7.18. The highest BCUT2D eigenvalue weighted by Crippen LogP contribution is 2.27. The first-order chi connectivity index (χ1) is 9.66. The van der Waals surface area contributed by atoms with Crippen molar-refractivity contribution in [3.8, 4) is 0 Å². The van der Waals surface area contributed by atoms with Crippen LogP contribution in [0.3, 0.4) is 0 Å². The Balaban J connectivity index is 1.81. The summed E-state index contributed by atoms with van der Waals surface area (Å²) >= 11 is 0. The molecule has 3 heteroatoms. The molecule has 2 atom stereocenters. The molecule has 110 valence electrons. The highest BCUT2D eigenvalue weighted by Gasteiger charge is 2.22. The van der Waals surface area contributed by atoms with Crippen LogP contribution in [0.25, 0.3) is 0 Å². The number of benzene rings is 1. The van der Waals surface area contributed by atoms with Crippen LogP contribution in [0.4, 0.5) is 0 Å². The zero-order valence-corrected chi connectivity index (χ0v) is 12.3. The van der Waals surface area contributed by atoms with Crippen molar-refractivity contribution in [3.05, 3.63) is 35.9 Å². The van der Waals surface area contributed by atoms with E-state index in [-0.39, 0.29) is 18.0 Å². The molecule has 0 aliphatic heterocycles. The topological polar surface area (TPSA) is 55.1 Å². The Kier molecular flexibility index (Phi) is 5.60. The summed E-state index contributed by atoms with van der Waals surface area (Å²) in [5.74, 6) is 0.614. The number of amides is 1. The van der Waals surface area contributed by atoms with Crippen molar-refractivity contribution in [1.82, 2.24) is 5.32 Å². The number of hydrogen-bond donors (Lipinski definition) is 2. The molecule has 3 nitrogen and oxygen atoms in total. The van der Waals surface area contributed by atoms with Crippen molar-refractivity contribution < 1.29 is 4.79 Å². The fourth-order valence-electron chi connectivity index (χ4n) is 3.03. The maximum absolute atomic E-state index is 12.2. The number of nitrogens with two attached hydrogens (primary N) is 1. The normalized spacial score (nSPS) is 19.3. The zero-order valence-electron chi connectivity index (χ0n) is 12.3. The smallest absolute Gasteiger partial charge is 0.237 e. The van der Waals surface area contributed by atoms with E-state index in [1.165, 1.54) is 32.1 Å². The molecule has 1 aliphatic carbocycles. The first-order valence-electron chi connectivity index (χ1n) is 7.77. The summed E-state index contributed by atoms with van der Waals surface area (Å²) in [7, 11) is 0. The van der Waals surface area contributed by atoms with Gasteiger partial charge in [-0.05, 0) is 24.8 Å². The molecule has 1 aromatic rings. The van der Waals surface area contributed by atoms with Crippen molar-refractivity contribution in [2.75, 3.05) is 0 Å². The molecule has 20 heavy (non-hydrogen) atoms. The quantitative estimate of drug-likeness (QED) is 0.866. The Hall–Kier alpha value is -1.35. The van der Waals surface area contributed by atoms with Crippen LogP contribution < -0.4 is 11.1 Å². The molecule has 0 radical (unpaired) electrons. The molecule has 0 spiro atoms. The van der Waals surface area contributed by atoms with Crippen LogP contribution in [-0.4, -0.2) is 11.9 Å². The van der Waals surface area contributed by atoms with E-state index in [1.54, 1.807) is 0 Å². The largest absolute Gasteiger partial charge is 0.348 e. The summed E-state index contributed by atoms with van der Waals surface area (Å²) < 4.78 is 0. The summed E-state index contributed by atoms with van der Waals surface area (Å²) in [6.45, 7) is 2.00. The first-order valence-corrected chi connectivity index (χ1v) is 7.77. The first kappa shape index (κ1) is 15.0. The lowest BCUT2D eigenvalue weighted by molar-refractivity contribution is -0.123. The van der Waals surface area contributed by atoms with Crippen LogP contribution >= 0.6 is 0 Å². The van der Waals surface area contributed by atoms with Crippen LogP contribution in [0, 0.1) is 5.92 Å². The van der Waals surface area contributed by atoms with E-state index in [0.717, 1.165) is 12.0 Å². The van der Waals surface area contributed by atoms with Gasteiger partial charge in [0.1, 0.15) is 0 Å². The average molecular weight is 274 g/mol. The molecule has 0 saturated heterocycles. The molecule has 0 aromatic heterocycles. The van der Waals surface area contributed by atoms with E-state index >= 15 is 0 Å². The Morgan fingerprint density at radius 1 is 1.25 bits per heavy atom. The summed E-state index contributed by atoms with van der Waals surface area (Å²) in [4.78, 5) is 12.2. The van der Waals surface area contributed by atoms with E-state index < -0.39 is 0 Å². The van der Waals surface area contributed by atoms with Crippen LogP contribution in [0.15, 0.2) is 30.3 Å². The minimum absolute atomic E-state index is 0.0149. The van der Waals surface area contributed by atoms with Crippen molar-refractivity contribution >= 4 is 5.91 Å². The Morgan fingerprint density at radius 2 is 1.90 bits per heavy atom. The van der Waals surface area contributed by atoms with Crippen LogP contribution in [0.5, 0.6) is 0 Å². The maximum atomic E-state index is 12.2. The molecule has 2 rings (SSSR count). The Bertz CT molecular complexity index is 412. The monoisotopic (exact) mass is 274 g/mol. The van der Waals surface area contributed by atoms with Crippen LogP contribution in [0.2, 0.25) is 0 Å². The van der Waals surface area contributed by atoms with E-state index in [9.17, 15) is 4.79 Å². The standard InChI is InChI=1S/C17H26N2O/c1-13(15-10-6-3-7-11-15)19-17(20)16(18)12-14-8-4-2-5-9-14/h3,6-7,10-11,13-14,16H,2,4-5,8-9,12,18H2,1H3,(H,19,20).